The molecule has 0 aliphatic rings. The number of carbonyl (C=O) groups is 3. The van der Waals surface area contributed by atoms with E-state index in [1.54, 1.807) is 0 Å². The minimum Gasteiger partial charge on any atom is -0.387 e. The Balaban J connectivity index is 4.64. The highest BCUT2D eigenvalue weighted by Crippen LogP contribution is 1.92. The van der Waals surface area contributed by atoms with Crippen LogP contribution in [0.5, 0.6) is 0 Å². The fraction of sp³-hybridized carbons (Fsp3) is 0.500. The molecule has 0 saturated carbocycles. The second-order valence-corrected chi connectivity index (χ2v) is 1.99. The number of amides is 3. The Morgan fingerprint density at radius 1 is 0.769 bits per heavy atom. The SMILES string of the molecule is O=C(CO)N(C(=O)CO)C(=O)CO. The van der Waals surface area contributed by atoms with Gasteiger partial charge in [-0.25, -0.2) is 4.90 Å². The van der Waals surface area contributed by atoms with Gasteiger partial charge in [0.1, 0.15) is 19.8 Å². The summed E-state index contributed by atoms with van der Waals surface area (Å²) in [5, 5.41) is 25.0. The maximum atomic E-state index is 10.7. The summed E-state index contributed by atoms with van der Waals surface area (Å²) in [6.07, 6.45) is 0. The molecule has 0 saturated heterocycles. The molecular formula is C6H9NO6. The Labute approximate surface area is 73.2 Å². The monoisotopic (exact) mass is 191 g/mol. The first kappa shape index (κ1) is 11.7. The number of nitrogens with zero attached hydrogens (tertiary/aromatic N) is 1. The molecule has 0 rings (SSSR count). The molecule has 0 bridgehead atoms. The molecule has 0 spiro atoms. The first-order valence-corrected chi connectivity index (χ1v) is 3.29. The van der Waals surface area contributed by atoms with Gasteiger partial charge in [-0.15, -0.1) is 0 Å². The van der Waals surface area contributed by atoms with Gasteiger partial charge in [-0.2, -0.15) is 0 Å². The normalized spacial score (nSPS) is 9.46. The lowest BCUT2D eigenvalue weighted by Gasteiger charge is -2.14. The van der Waals surface area contributed by atoms with Crippen LogP contribution >= 0.6 is 0 Å². The van der Waals surface area contributed by atoms with E-state index in [1.165, 1.54) is 0 Å². The number of aliphatic hydroxyl groups is 3. The molecule has 0 fully saturated rings. The van der Waals surface area contributed by atoms with E-state index in [2.05, 4.69) is 0 Å². The molecule has 0 aromatic rings. The summed E-state index contributed by atoms with van der Waals surface area (Å²) >= 11 is 0. The summed E-state index contributed by atoms with van der Waals surface area (Å²) in [7, 11) is 0. The average molecular weight is 191 g/mol. The van der Waals surface area contributed by atoms with Gasteiger partial charge in [-0.3, -0.25) is 14.4 Å². The predicted molar refractivity (Wildman–Crippen MR) is 38.1 cm³/mol. The summed E-state index contributed by atoms with van der Waals surface area (Å²) in [6.45, 7) is -3.13. The van der Waals surface area contributed by atoms with E-state index in [-0.39, 0.29) is 4.90 Å². The molecule has 13 heavy (non-hydrogen) atoms. The summed E-state index contributed by atoms with van der Waals surface area (Å²) in [5.74, 6) is -3.55. The van der Waals surface area contributed by atoms with E-state index in [0.29, 0.717) is 0 Å². The lowest BCUT2D eigenvalue weighted by Crippen LogP contribution is -2.46. The zero-order valence-corrected chi connectivity index (χ0v) is 6.63. The number of aliphatic hydroxyl groups excluding tert-OH is 3. The van der Waals surface area contributed by atoms with E-state index in [1.807, 2.05) is 0 Å². The van der Waals surface area contributed by atoms with Gasteiger partial charge in [-0.05, 0) is 0 Å². The van der Waals surface area contributed by atoms with E-state index in [9.17, 15) is 14.4 Å². The molecular weight excluding hydrogens is 182 g/mol. The first-order valence-electron chi connectivity index (χ1n) is 3.29. The molecule has 7 nitrogen and oxygen atoms in total. The van der Waals surface area contributed by atoms with Crippen LogP contribution < -0.4 is 0 Å². The van der Waals surface area contributed by atoms with E-state index >= 15 is 0 Å². The van der Waals surface area contributed by atoms with E-state index in [4.69, 9.17) is 15.3 Å². The maximum absolute atomic E-state index is 10.7. The largest absolute Gasteiger partial charge is 0.387 e. The number of carbonyl (C=O) groups excluding carboxylic acids is 3. The zero-order valence-electron chi connectivity index (χ0n) is 6.63. The Bertz CT molecular complexity index is 187. The van der Waals surface area contributed by atoms with Crippen LogP contribution in [0.3, 0.4) is 0 Å². The van der Waals surface area contributed by atoms with Gasteiger partial charge >= 0.3 is 0 Å². The number of rotatable bonds is 3. The minimum absolute atomic E-state index is 0. The molecule has 0 atom stereocenters. The van der Waals surface area contributed by atoms with Crippen molar-refractivity contribution in [2.75, 3.05) is 19.8 Å². The zero-order chi connectivity index (χ0) is 10.4. The van der Waals surface area contributed by atoms with Crippen LogP contribution in [0, 0.1) is 0 Å². The van der Waals surface area contributed by atoms with Crippen molar-refractivity contribution in [2.24, 2.45) is 0 Å². The van der Waals surface area contributed by atoms with E-state index < -0.39 is 37.5 Å². The molecule has 0 radical (unpaired) electrons. The van der Waals surface area contributed by atoms with Crippen molar-refractivity contribution in [3.05, 3.63) is 0 Å². The van der Waals surface area contributed by atoms with Gasteiger partial charge in [0.15, 0.2) is 0 Å². The molecule has 7 heteroatoms. The molecule has 0 heterocycles. The molecule has 0 aromatic heterocycles. The van der Waals surface area contributed by atoms with Crippen LogP contribution in [0.1, 0.15) is 0 Å². The van der Waals surface area contributed by atoms with Crippen molar-refractivity contribution in [1.29, 1.82) is 0 Å². The molecule has 0 unspecified atom stereocenters. The highest BCUT2D eigenvalue weighted by molar-refractivity contribution is 6.11. The van der Waals surface area contributed by atoms with E-state index in [0.717, 1.165) is 0 Å². The van der Waals surface area contributed by atoms with Gasteiger partial charge in [0.2, 0.25) is 0 Å². The van der Waals surface area contributed by atoms with Crippen LogP contribution in [0.2, 0.25) is 0 Å². The summed E-state index contributed by atoms with van der Waals surface area (Å²) in [6, 6.07) is 0. The van der Waals surface area contributed by atoms with Crippen molar-refractivity contribution in [1.82, 2.24) is 4.90 Å². The highest BCUT2D eigenvalue weighted by atomic mass is 16.3. The molecule has 3 N–H and O–H groups in total. The van der Waals surface area contributed by atoms with Crippen molar-refractivity contribution in [2.45, 2.75) is 0 Å². The standard InChI is InChI=1S/C6H9NO6/c8-1-4(11)7(5(12)2-9)6(13)3-10/h8-10H,1-3H2. The van der Waals surface area contributed by atoms with Gasteiger partial charge in [-0.1, -0.05) is 0 Å². The van der Waals surface area contributed by atoms with Crippen molar-refractivity contribution in [3.8, 4) is 0 Å². The van der Waals surface area contributed by atoms with Gasteiger partial charge in [0.25, 0.3) is 17.7 Å². The van der Waals surface area contributed by atoms with Crippen LogP contribution in [0.15, 0.2) is 0 Å². The smallest absolute Gasteiger partial charge is 0.261 e. The number of hydrogen-bond donors (Lipinski definition) is 3. The third kappa shape index (κ3) is 2.90. The second kappa shape index (κ2) is 5.36. The summed E-state index contributed by atoms with van der Waals surface area (Å²) < 4.78 is 0. The van der Waals surface area contributed by atoms with Crippen molar-refractivity contribution < 1.29 is 29.7 Å². The predicted octanol–water partition coefficient (Wildman–Crippen LogP) is -3.15. The fourth-order valence-electron chi connectivity index (χ4n) is 0.629. The van der Waals surface area contributed by atoms with Crippen molar-refractivity contribution >= 4 is 17.7 Å². The molecule has 3 amide bonds. The Kier molecular flexibility index (Phi) is 4.82. The Morgan fingerprint density at radius 3 is 1.15 bits per heavy atom. The number of hydrogen-bond acceptors (Lipinski definition) is 6. The third-order valence-corrected chi connectivity index (χ3v) is 1.15. The Hall–Kier alpha value is -1.31. The second-order valence-electron chi connectivity index (χ2n) is 1.99. The highest BCUT2D eigenvalue weighted by Gasteiger charge is 2.26. The third-order valence-electron chi connectivity index (χ3n) is 1.15. The quantitative estimate of drug-likeness (QED) is 0.434. The Morgan fingerprint density at radius 2 is 1.00 bits per heavy atom. The summed E-state index contributed by atoms with van der Waals surface area (Å²) in [5.41, 5.74) is 0. The molecule has 0 aliphatic carbocycles. The lowest BCUT2D eigenvalue weighted by molar-refractivity contribution is -0.158. The maximum Gasteiger partial charge on any atom is 0.261 e. The minimum atomic E-state index is -1.18. The fourth-order valence-corrected chi connectivity index (χ4v) is 0.629. The van der Waals surface area contributed by atoms with Gasteiger partial charge in [0, 0.05) is 0 Å². The lowest BCUT2D eigenvalue weighted by atomic mass is 10.4. The van der Waals surface area contributed by atoms with Crippen molar-refractivity contribution in [3.63, 3.8) is 0 Å². The average Bonchev–Trinajstić information content (AvgIpc) is 2.16. The van der Waals surface area contributed by atoms with Gasteiger partial charge < -0.3 is 15.3 Å². The van der Waals surface area contributed by atoms with Crippen LogP contribution in [0.4, 0.5) is 0 Å². The molecule has 0 aromatic carbocycles. The molecule has 74 valence electrons. The number of imide groups is 3. The topological polar surface area (TPSA) is 115 Å². The van der Waals surface area contributed by atoms with Crippen LogP contribution in [-0.2, 0) is 14.4 Å². The van der Waals surface area contributed by atoms with Crippen LogP contribution in [0.25, 0.3) is 0 Å². The first-order chi connectivity index (χ1) is 6.08. The van der Waals surface area contributed by atoms with Gasteiger partial charge in [0.05, 0.1) is 0 Å². The summed E-state index contributed by atoms with van der Waals surface area (Å²) in [4.78, 5) is 32.2. The van der Waals surface area contributed by atoms with Crippen LogP contribution in [-0.4, -0.2) is 57.8 Å². The molecule has 0 aliphatic heterocycles.